The minimum atomic E-state index is -0.612. The Hall–Kier alpha value is -2.94. The Balaban J connectivity index is 2.03. The number of carbonyl (C=O) groups excluding carboxylic acids is 1. The lowest BCUT2D eigenvalue weighted by atomic mass is 9.68. The van der Waals surface area contributed by atoms with Crippen LogP contribution in [0.15, 0.2) is 65.1 Å². The predicted octanol–water partition coefficient (Wildman–Crippen LogP) is 5.94. The van der Waals surface area contributed by atoms with Gasteiger partial charge in [-0.05, 0) is 41.7 Å². The van der Waals surface area contributed by atoms with Gasteiger partial charge in [0.15, 0.2) is 5.78 Å². The lowest BCUT2D eigenvalue weighted by Crippen LogP contribution is -2.42. The van der Waals surface area contributed by atoms with Gasteiger partial charge in [0.1, 0.15) is 11.6 Å². The van der Waals surface area contributed by atoms with E-state index < -0.39 is 5.92 Å². The number of rotatable bonds is 3. The molecule has 0 amide bonds. The van der Waals surface area contributed by atoms with Crippen LogP contribution in [-0.2, 0) is 4.79 Å². The van der Waals surface area contributed by atoms with Crippen molar-refractivity contribution in [1.82, 2.24) is 0 Å². The average Bonchev–Trinajstić information content (AvgIpc) is 2.74. The number of allylic oxidation sites excluding steroid dienone is 3. The van der Waals surface area contributed by atoms with Gasteiger partial charge < -0.3 is 10.5 Å². The van der Waals surface area contributed by atoms with Gasteiger partial charge in [0, 0.05) is 17.7 Å². The lowest BCUT2D eigenvalue weighted by molar-refractivity contribution is -0.118. The summed E-state index contributed by atoms with van der Waals surface area (Å²) in [5.74, 6) is 0.257. The topological polar surface area (TPSA) is 79.3 Å². The van der Waals surface area contributed by atoms with Gasteiger partial charge in [0.2, 0.25) is 0 Å². The van der Waals surface area contributed by atoms with Crippen molar-refractivity contribution in [1.29, 1.82) is 5.26 Å². The van der Waals surface area contributed by atoms with Crippen molar-refractivity contribution in [2.75, 3.05) is 12.0 Å². The van der Waals surface area contributed by atoms with Gasteiger partial charge in [-0.2, -0.15) is 5.26 Å². The molecule has 0 aromatic heterocycles. The zero-order chi connectivity index (χ0) is 23.2. The molecule has 0 saturated carbocycles. The molecular formula is C25H23Cl2N3O2. The molecule has 0 radical (unpaired) electrons. The molecule has 2 aromatic rings. The highest BCUT2D eigenvalue weighted by Crippen LogP contribution is 2.51. The summed E-state index contributed by atoms with van der Waals surface area (Å²) in [5, 5.41) is 10.9. The number of ketones is 1. The van der Waals surface area contributed by atoms with E-state index >= 15 is 0 Å². The van der Waals surface area contributed by atoms with Gasteiger partial charge in [-0.1, -0.05) is 55.2 Å². The molecule has 7 heteroatoms. The third-order valence-electron chi connectivity index (χ3n) is 5.98. The molecular weight excluding hydrogens is 445 g/mol. The quantitative estimate of drug-likeness (QED) is 0.603. The number of hydrogen-bond donors (Lipinski definition) is 1. The molecule has 1 heterocycles. The first-order chi connectivity index (χ1) is 15.2. The molecule has 0 saturated heterocycles. The molecule has 0 bridgehead atoms. The van der Waals surface area contributed by atoms with E-state index in [0.717, 1.165) is 5.70 Å². The molecule has 4 rings (SSSR count). The Kier molecular flexibility index (Phi) is 5.70. The lowest BCUT2D eigenvalue weighted by Gasteiger charge is -2.44. The first-order valence-corrected chi connectivity index (χ1v) is 11.0. The van der Waals surface area contributed by atoms with Gasteiger partial charge in [-0.25, -0.2) is 0 Å². The largest absolute Gasteiger partial charge is 0.495 e. The molecule has 1 aliphatic carbocycles. The highest BCUT2D eigenvalue weighted by molar-refractivity contribution is 6.42. The summed E-state index contributed by atoms with van der Waals surface area (Å²) in [7, 11) is 1.58. The number of nitrogens with two attached hydrogens (primary N) is 1. The van der Waals surface area contributed by atoms with Crippen molar-refractivity contribution < 1.29 is 9.53 Å². The molecule has 1 atom stereocenters. The minimum Gasteiger partial charge on any atom is -0.495 e. The Bertz CT molecular complexity index is 1220. The second-order valence-corrected chi connectivity index (χ2v) is 9.64. The summed E-state index contributed by atoms with van der Waals surface area (Å²) in [6.07, 6.45) is 0.991. The van der Waals surface area contributed by atoms with Gasteiger partial charge in [-0.3, -0.25) is 9.69 Å². The van der Waals surface area contributed by atoms with E-state index in [9.17, 15) is 10.1 Å². The smallest absolute Gasteiger partial charge is 0.162 e. The van der Waals surface area contributed by atoms with Crippen LogP contribution >= 0.6 is 23.2 Å². The zero-order valence-electron chi connectivity index (χ0n) is 18.1. The van der Waals surface area contributed by atoms with Gasteiger partial charge >= 0.3 is 0 Å². The summed E-state index contributed by atoms with van der Waals surface area (Å²) in [5.41, 5.74) is 9.42. The second kappa shape index (κ2) is 8.20. The van der Waals surface area contributed by atoms with Crippen molar-refractivity contribution in [3.63, 3.8) is 0 Å². The number of anilines is 1. The number of halogens is 2. The number of methoxy groups -OCH3 is 1. The third kappa shape index (κ3) is 3.64. The molecule has 2 N–H and O–H groups in total. The molecule has 1 aliphatic heterocycles. The van der Waals surface area contributed by atoms with E-state index in [1.165, 1.54) is 0 Å². The van der Waals surface area contributed by atoms with Crippen LogP contribution in [0, 0.1) is 16.7 Å². The normalized spacial score (nSPS) is 20.2. The fourth-order valence-corrected chi connectivity index (χ4v) is 4.93. The summed E-state index contributed by atoms with van der Waals surface area (Å²) in [4.78, 5) is 15.3. The van der Waals surface area contributed by atoms with Gasteiger partial charge in [0.25, 0.3) is 0 Å². The third-order valence-corrected chi connectivity index (χ3v) is 6.72. The second-order valence-electron chi connectivity index (χ2n) is 8.83. The molecule has 5 nitrogen and oxygen atoms in total. The molecule has 32 heavy (non-hydrogen) atoms. The van der Waals surface area contributed by atoms with E-state index in [4.69, 9.17) is 33.7 Å². The van der Waals surface area contributed by atoms with Crippen LogP contribution in [0.25, 0.3) is 0 Å². The highest BCUT2D eigenvalue weighted by atomic mass is 35.5. The number of carbonyl (C=O) groups is 1. The van der Waals surface area contributed by atoms with E-state index in [2.05, 4.69) is 19.9 Å². The maximum absolute atomic E-state index is 13.5. The summed E-state index contributed by atoms with van der Waals surface area (Å²) in [6.45, 7) is 4.12. The van der Waals surface area contributed by atoms with Crippen LogP contribution < -0.4 is 15.4 Å². The van der Waals surface area contributed by atoms with E-state index in [-0.39, 0.29) is 17.0 Å². The van der Waals surface area contributed by atoms with Crippen LogP contribution in [0.2, 0.25) is 10.0 Å². The molecule has 0 unspecified atom stereocenters. The maximum Gasteiger partial charge on any atom is 0.162 e. The first-order valence-electron chi connectivity index (χ1n) is 10.2. The number of ether oxygens (including phenoxy) is 1. The number of benzene rings is 2. The Morgan fingerprint density at radius 3 is 2.53 bits per heavy atom. The highest BCUT2D eigenvalue weighted by Gasteiger charge is 2.45. The summed E-state index contributed by atoms with van der Waals surface area (Å²) >= 11 is 12.4. The molecule has 0 fully saturated rings. The van der Waals surface area contributed by atoms with Gasteiger partial charge in [-0.15, -0.1) is 0 Å². The fraction of sp³-hybridized carbons (Fsp3) is 0.280. The summed E-state index contributed by atoms with van der Waals surface area (Å²) < 4.78 is 5.57. The number of nitrogens with zero attached hydrogens (tertiary/aromatic N) is 2. The monoisotopic (exact) mass is 467 g/mol. The van der Waals surface area contributed by atoms with Crippen LogP contribution in [0.4, 0.5) is 5.69 Å². The number of Topliss-reactive ketones (excluding diaryl/α,β-unsaturated/α-hetero) is 1. The van der Waals surface area contributed by atoms with Crippen LogP contribution in [0.1, 0.15) is 38.2 Å². The van der Waals surface area contributed by atoms with E-state index in [1.54, 1.807) is 30.2 Å². The Morgan fingerprint density at radius 2 is 1.88 bits per heavy atom. The van der Waals surface area contributed by atoms with Crippen molar-refractivity contribution in [2.24, 2.45) is 11.1 Å². The van der Waals surface area contributed by atoms with E-state index in [1.807, 2.05) is 24.3 Å². The zero-order valence-corrected chi connectivity index (χ0v) is 19.6. The summed E-state index contributed by atoms with van der Waals surface area (Å²) in [6, 6.07) is 14.9. The SMILES string of the molecule is COc1ccccc1N1C(N)=C(C#N)[C@H](c2ccc(Cl)c(Cl)c2)C2=C1CC(C)(C)CC2=O. The van der Waals surface area contributed by atoms with Crippen LogP contribution in [0.5, 0.6) is 5.75 Å². The molecule has 2 aliphatic rings. The Morgan fingerprint density at radius 1 is 1.16 bits per heavy atom. The molecule has 0 spiro atoms. The average molecular weight is 468 g/mol. The minimum absolute atomic E-state index is 0.00697. The number of nitriles is 1. The Labute approximate surface area is 197 Å². The predicted molar refractivity (Wildman–Crippen MR) is 127 cm³/mol. The van der Waals surface area contributed by atoms with Crippen molar-refractivity contribution >= 4 is 34.7 Å². The number of hydrogen-bond acceptors (Lipinski definition) is 5. The van der Waals surface area contributed by atoms with Crippen LogP contribution in [0.3, 0.4) is 0 Å². The van der Waals surface area contributed by atoms with Crippen molar-refractivity contribution in [3.05, 3.63) is 80.7 Å². The van der Waals surface area contributed by atoms with Crippen molar-refractivity contribution in [3.8, 4) is 11.8 Å². The molecule has 2 aromatic carbocycles. The standard InChI is InChI=1S/C25H23Cl2N3O2/c1-25(2)11-19-23(20(31)12-25)22(14-8-9-16(26)17(27)10-14)15(13-28)24(29)30(19)18-6-4-5-7-21(18)32-3/h4-10,22H,11-12,29H2,1-3H3/t22-/m0/s1. The van der Waals surface area contributed by atoms with Gasteiger partial charge in [0.05, 0.1) is 40.4 Å². The van der Waals surface area contributed by atoms with Crippen LogP contribution in [-0.4, -0.2) is 12.9 Å². The van der Waals surface area contributed by atoms with Crippen molar-refractivity contribution in [2.45, 2.75) is 32.6 Å². The first kappa shape index (κ1) is 22.3. The maximum atomic E-state index is 13.5. The number of para-hydroxylation sites is 2. The molecule has 164 valence electrons. The fourth-order valence-electron chi connectivity index (χ4n) is 4.62. The van der Waals surface area contributed by atoms with E-state index in [0.29, 0.717) is 51.0 Å².